The van der Waals surface area contributed by atoms with E-state index in [2.05, 4.69) is 5.32 Å². The lowest BCUT2D eigenvalue weighted by atomic mass is 10.2. The molecule has 0 aliphatic rings. The van der Waals surface area contributed by atoms with Crippen molar-refractivity contribution in [3.63, 3.8) is 0 Å². The first-order chi connectivity index (χ1) is 13.9. The van der Waals surface area contributed by atoms with Gasteiger partial charge in [0.25, 0.3) is 5.91 Å². The van der Waals surface area contributed by atoms with Crippen molar-refractivity contribution in [2.45, 2.75) is 20.0 Å². The molecule has 3 rings (SSSR count). The van der Waals surface area contributed by atoms with Gasteiger partial charge in [-0.2, -0.15) is 0 Å². The summed E-state index contributed by atoms with van der Waals surface area (Å²) >= 11 is 5.86. The topological polar surface area (TPSA) is 94.8 Å². The Labute approximate surface area is 171 Å². The van der Waals surface area contributed by atoms with Gasteiger partial charge >= 0.3 is 5.97 Å². The zero-order valence-electron chi connectivity index (χ0n) is 15.7. The third kappa shape index (κ3) is 4.94. The summed E-state index contributed by atoms with van der Waals surface area (Å²) in [6.07, 6.45) is -1.11. The van der Waals surface area contributed by atoms with Crippen LogP contribution in [0.25, 0.3) is 11.0 Å². The lowest BCUT2D eigenvalue weighted by Gasteiger charge is -2.13. The summed E-state index contributed by atoms with van der Waals surface area (Å²) in [4.78, 5) is 36.8. The largest absolute Gasteiger partial charge is 0.494 e. The molecule has 1 amide bonds. The maximum atomic E-state index is 12.3. The van der Waals surface area contributed by atoms with Gasteiger partial charge in [0, 0.05) is 16.8 Å². The monoisotopic (exact) mass is 415 g/mol. The maximum absolute atomic E-state index is 12.3. The minimum absolute atomic E-state index is 0.195. The zero-order chi connectivity index (χ0) is 21.0. The van der Waals surface area contributed by atoms with Crippen molar-refractivity contribution in [1.82, 2.24) is 0 Å². The molecule has 1 atom stereocenters. The molecule has 0 saturated heterocycles. The first kappa shape index (κ1) is 20.4. The Morgan fingerprint density at radius 3 is 2.55 bits per heavy atom. The molecule has 0 aliphatic heterocycles. The van der Waals surface area contributed by atoms with Gasteiger partial charge in [0.05, 0.1) is 12.0 Å². The average molecular weight is 416 g/mol. The number of benzene rings is 2. The third-order valence-corrected chi connectivity index (χ3v) is 4.21. The summed E-state index contributed by atoms with van der Waals surface area (Å²) in [5.41, 5.74) is 0.281. The summed E-state index contributed by atoms with van der Waals surface area (Å²) in [5, 5.41) is 3.26. The second-order valence-electron chi connectivity index (χ2n) is 6.11. The number of carbonyl (C=O) groups is 2. The van der Waals surface area contributed by atoms with Gasteiger partial charge in [-0.1, -0.05) is 11.6 Å². The molecule has 3 aromatic rings. The number of esters is 1. The number of amides is 1. The average Bonchev–Trinajstić information content (AvgIpc) is 2.70. The summed E-state index contributed by atoms with van der Waals surface area (Å²) in [6, 6.07) is 12.3. The zero-order valence-corrected chi connectivity index (χ0v) is 16.5. The molecule has 150 valence electrons. The number of carbonyl (C=O) groups excluding carboxylic acids is 2. The van der Waals surface area contributed by atoms with Crippen LogP contribution in [0, 0.1) is 0 Å². The predicted molar refractivity (Wildman–Crippen MR) is 109 cm³/mol. The number of halogens is 1. The fourth-order valence-electron chi connectivity index (χ4n) is 2.55. The molecule has 29 heavy (non-hydrogen) atoms. The number of hydrogen-bond donors (Lipinski definition) is 1. The Hall–Kier alpha value is -3.32. The fraction of sp³-hybridized carbons (Fsp3) is 0.190. The fourth-order valence-corrected chi connectivity index (χ4v) is 2.72. The van der Waals surface area contributed by atoms with E-state index in [1.807, 2.05) is 6.92 Å². The summed E-state index contributed by atoms with van der Waals surface area (Å²) < 4.78 is 15.9. The van der Waals surface area contributed by atoms with Crippen molar-refractivity contribution in [3.05, 3.63) is 69.5 Å². The third-order valence-electron chi connectivity index (χ3n) is 3.98. The molecule has 7 nitrogen and oxygen atoms in total. The van der Waals surface area contributed by atoms with E-state index in [1.165, 1.54) is 25.1 Å². The Balaban J connectivity index is 1.68. The van der Waals surface area contributed by atoms with E-state index in [9.17, 15) is 14.4 Å². The van der Waals surface area contributed by atoms with Crippen LogP contribution in [0.3, 0.4) is 0 Å². The van der Waals surface area contributed by atoms with Crippen molar-refractivity contribution < 1.29 is 23.5 Å². The van der Waals surface area contributed by atoms with Crippen molar-refractivity contribution in [3.8, 4) is 5.75 Å². The highest BCUT2D eigenvalue weighted by atomic mass is 35.5. The molecular weight excluding hydrogens is 398 g/mol. The minimum Gasteiger partial charge on any atom is -0.494 e. The molecule has 0 saturated carbocycles. The lowest BCUT2D eigenvalue weighted by Crippen LogP contribution is -2.30. The van der Waals surface area contributed by atoms with Gasteiger partial charge in [0.1, 0.15) is 11.3 Å². The molecule has 0 bridgehead atoms. The molecule has 0 aliphatic carbocycles. The highest BCUT2D eigenvalue weighted by molar-refractivity contribution is 6.31. The van der Waals surface area contributed by atoms with E-state index in [1.54, 1.807) is 24.3 Å². The predicted octanol–water partition coefficient (Wildman–Crippen LogP) is 4.03. The van der Waals surface area contributed by atoms with E-state index >= 15 is 0 Å². The van der Waals surface area contributed by atoms with Gasteiger partial charge in [-0.15, -0.1) is 0 Å². The van der Waals surface area contributed by atoms with E-state index in [-0.39, 0.29) is 16.7 Å². The summed E-state index contributed by atoms with van der Waals surface area (Å²) in [6.45, 7) is 3.83. The molecular formula is C21H18ClNO6. The first-order valence-electron chi connectivity index (χ1n) is 8.85. The molecule has 0 spiro atoms. The second kappa shape index (κ2) is 8.79. The van der Waals surface area contributed by atoms with Gasteiger partial charge in [-0.3, -0.25) is 9.59 Å². The van der Waals surface area contributed by atoms with Crippen molar-refractivity contribution >= 4 is 40.1 Å². The number of hydrogen-bond acceptors (Lipinski definition) is 6. The van der Waals surface area contributed by atoms with Gasteiger partial charge in [0.15, 0.2) is 11.5 Å². The van der Waals surface area contributed by atoms with Crippen LogP contribution >= 0.6 is 11.6 Å². The van der Waals surface area contributed by atoms with Crippen LogP contribution in [0.1, 0.15) is 24.4 Å². The number of rotatable bonds is 6. The van der Waals surface area contributed by atoms with E-state index in [4.69, 9.17) is 25.5 Å². The normalized spacial score (nSPS) is 11.7. The smallest absolute Gasteiger partial charge is 0.375 e. The molecule has 0 fully saturated rings. The number of nitrogens with one attached hydrogen (secondary N) is 1. The van der Waals surface area contributed by atoms with Crippen LogP contribution in [-0.4, -0.2) is 24.6 Å². The van der Waals surface area contributed by atoms with Crippen LogP contribution in [0.4, 0.5) is 5.69 Å². The van der Waals surface area contributed by atoms with Crippen molar-refractivity contribution in [1.29, 1.82) is 0 Å². The van der Waals surface area contributed by atoms with Gasteiger partial charge < -0.3 is 19.2 Å². The minimum atomic E-state index is -1.11. The quantitative estimate of drug-likeness (QED) is 0.611. The Bertz CT molecular complexity index is 1110. The molecule has 1 aromatic heterocycles. The Morgan fingerprint density at radius 1 is 1.14 bits per heavy atom. The van der Waals surface area contributed by atoms with Crippen LogP contribution in [0.5, 0.6) is 5.75 Å². The van der Waals surface area contributed by atoms with Gasteiger partial charge in [-0.05, 0) is 56.3 Å². The maximum Gasteiger partial charge on any atom is 0.375 e. The van der Waals surface area contributed by atoms with Crippen LogP contribution < -0.4 is 15.5 Å². The van der Waals surface area contributed by atoms with E-state index in [0.29, 0.717) is 23.1 Å². The van der Waals surface area contributed by atoms with E-state index < -0.39 is 23.4 Å². The Morgan fingerprint density at radius 2 is 1.86 bits per heavy atom. The van der Waals surface area contributed by atoms with Crippen LogP contribution in [0.15, 0.2) is 57.7 Å². The number of ether oxygens (including phenoxy) is 2. The molecule has 2 aromatic carbocycles. The molecule has 0 unspecified atom stereocenters. The second-order valence-corrected chi connectivity index (χ2v) is 6.55. The van der Waals surface area contributed by atoms with Gasteiger partial charge in [-0.25, -0.2) is 4.79 Å². The first-order valence-corrected chi connectivity index (χ1v) is 9.23. The molecule has 8 heteroatoms. The summed E-state index contributed by atoms with van der Waals surface area (Å²) in [7, 11) is 0. The van der Waals surface area contributed by atoms with Gasteiger partial charge in [0.2, 0.25) is 5.76 Å². The standard InChI is InChI=1S/C21H18ClNO6/c1-3-27-15-7-5-14(6-8-15)23-20(25)12(2)28-21(26)19-11-17(24)16-10-13(22)4-9-18(16)29-19/h4-12H,3H2,1-2H3,(H,23,25)/t12-/m1/s1. The molecule has 0 radical (unpaired) electrons. The summed E-state index contributed by atoms with van der Waals surface area (Å²) in [5.74, 6) is -1.08. The highest BCUT2D eigenvalue weighted by Crippen LogP contribution is 2.19. The molecule has 1 N–H and O–H groups in total. The highest BCUT2D eigenvalue weighted by Gasteiger charge is 2.21. The molecule has 1 heterocycles. The SMILES string of the molecule is CCOc1ccc(NC(=O)[C@@H](C)OC(=O)c2cc(=O)c3cc(Cl)ccc3o2)cc1. The Kier molecular flexibility index (Phi) is 6.19. The lowest BCUT2D eigenvalue weighted by molar-refractivity contribution is -0.123. The van der Waals surface area contributed by atoms with Crippen LogP contribution in [-0.2, 0) is 9.53 Å². The van der Waals surface area contributed by atoms with E-state index in [0.717, 1.165) is 6.07 Å². The van der Waals surface area contributed by atoms with Crippen LogP contribution in [0.2, 0.25) is 5.02 Å². The van der Waals surface area contributed by atoms with Crippen molar-refractivity contribution in [2.24, 2.45) is 0 Å². The number of anilines is 1. The van der Waals surface area contributed by atoms with Crippen molar-refractivity contribution in [2.75, 3.05) is 11.9 Å². The number of fused-ring (bicyclic) bond motifs is 1.